The molecule has 2 aliphatic rings. The van der Waals surface area contributed by atoms with E-state index >= 15 is 0 Å². The Balaban J connectivity index is 1.29. The zero-order valence-corrected chi connectivity index (χ0v) is 23.4. The molecule has 2 aromatic carbocycles. The highest BCUT2D eigenvalue weighted by Crippen LogP contribution is 2.36. The lowest BCUT2D eigenvalue weighted by molar-refractivity contribution is 0.0828. The van der Waals surface area contributed by atoms with E-state index in [-0.39, 0.29) is 0 Å². The number of fused-ring (bicyclic) bond motifs is 1. The zero-order valence-electron chi connectivity index (χ0n) is 23.4. The molecule has 1 aromatic heterocycles. The van der Waals surface area contributed by atoms with Crippen molar-refractivity contribution in [1.82, 2.24) is 19.4 Å². The number of likely N-dealkylation sites (tertiary alicyclic amines) is 2. The van der Waals surface area contributed by atoms with E-state index in [1.807, 2.05) is 12.1 Å². The second kappa shape index (κ2) is 11.4. The molecule has 2 fully saturated rings. The lowest BCUT2D eigenvalue weighted by Crippen LogP contribution is -2.48. The molecule has 37 heavy (non-hydrogen) atoms. The lowest BCUT2D eigenvalue weighted by atomic mass is 9.87. The van der Waals surface area contributed by atoms with Crippen LogP contribution in [0.15, 0.2) is 36.4 Å². The molecule has 0 bridgehead atoms. The average molecular weight is 505 g/mol. The molecular weight excluding hydrogens is 460 g/mol. The minimum atomic E-state index is 0.631. The molecule has 6 heteroatoms. The zero-order chi connectivity index (χ0) is 25.9. The highest BCUT2D eigenvalue weighted by molar-refractivity contribution is 5.82. The highest BCUT2D eigenvalue weighted by atomic mass is 16.5. The van der Waals surface area contributed by atoms with Crippen molar-refractivity contribution in [2.24, 2.45) is 5.92 Å². The first-order chi connectivity index (χ1) is 18.0. The van der Waals surface area contributed by atoms with Gasteiger partial charge < -0.3 is 23.8 Å². The van der Waals surface area contributed by atoms with Gasteiger partial charge in [0.15, 0.2) is 11.5 Å². The van der Waals surface area contributed by atoms with Crippen molar-refractivity contribution < 1.29 is 9.47 Å². The smallest absolute Gasteiger partial charge is 0.161 e. The Morgan fingerprint density at radius 2 is 1.62 bits per heavy atom. The Morgan fingerprint density at radius 1 is 0.892 bits per heavy atom. The molecule has 2 saturated heterocycles. The predicted octanol–water partition coefficient (Wildman–Crippen LogP) is 6.04. The second-order valence-corrected chi connectivity index (χ2v) is 11.2. The minimum absolute atomic E-state index is 0.631. The van der Waals surface area contributed by atoms with Crippen molar-refractivity contribution in [3.63, 3.8) is 0 Å². The van der Waals surface area contributed by atoms with Crippen LogP contribution in [0.1, 0.15) is 57.9 Å². The number of piperidine rings is 2. The van der Waals surface area contributed by atoms with Gasteiger partial charge in [0.25, 0.3) is 0 Å². The molecule has 0 aliphatic carbocycles. The summed E-state index contributed by atoms with van der Waals surface area (Å²) in [6, 6.07) is 13.8. The van der Waals surface area contributed by atoms with Gasteiger partial charge in [-0.2, -0.15) is 0 Å². The predicted molar refractivity (Wildman–Crippen MR) is 152 cm³/mol. The summed E-state index contributed by atoms with van der Waals surface area (Å²) in [7, 11) is 3.35. The number of hydrogen-bond donors (Lipinski definition) is 0. The van der Waals surface area contributed by atoms with Gasteiger partial charge in [0, 0.05) is 24.7 Å². The van der Waals surface area contributed by atoms with Crippen LogP contribution < -0.4 is 9.47 Å². The van der Waals surface area contributed by atoms with E-state index in [2.05, 4.69) is 59.4 Å². The maximum absolute atomic E-state index is 5.55. The molecule has 0 atom stereocenters. The van der Waals surface area contributed by atoms with Crippen LogP contribution in [-0.2, 0) is 6.54 Å². The van der Waals surface area contributed by atoms with E-state index < -0.39 is 0 Å². The molecule has 2 aliphatic heterocycles. The van der Waals surface area contributed by atoms with E-state index in [9.17, 15) is 0 Å². The number of imidazole rings is 1. The SMILES string of the molecule is CCn1c(-c2ccc(OC)c(OC)c2)nc2ccc(C3CCN(C4CCN(CC(C)C)CC4)CC3)cc21. The third kappa shape index (κ3) is 5.51. The van der Waals surface area contributed by atoms with Gasteiger partial charge in [-0.05, 0) is 107 Å². The Morgan fingerprint density at radius 3 is 2.27 bits per heavy atom. The molecule has 200 valence electrons. The normalized spacial score (nSPS) is 18.6. The van der Waals surface area contributed by atoms with E-state index in [0.717, 1.165) is 46.9 Å². The van der Waals surface area contributed by atoms with E-state index in [4.69, 9.17) is 14.5 Å². The van der Waals surface area contributed by atoms with Gasteiger partial charge in [-0.15, -0.1) is 0 Å². The van der Waals surface area contributed by atoms with Crippen LogP contribution in [0.25, 0.3) is 22.4 Å². The Bertz CT molecular complexity index is 1190. The van der Waals surface area contributed by atoms with Gasteiger partial charge in [-0.1, -0.05) is 19.9 Å². The monoisotopic (exact) mass is 504 g/mol. The summed E-state index contributed by atoms with van der Waals surface area (Å²) in [6.45, 7) is 14.0. The van der Waals surface area contributed by atoms with Crippen molar-refractivity contribution in [1.29, 1.82) is 0 Å². The summed E-state index contributed by atoms with van der Waals surface area (Å²) >= 11 is 0. The van der Waals surface area contributed by atoms with Crippen LogP contribution in [0.2, 0.25) is 0 Å². The number of rotatable bonds is 8. The van der Waals surface area contributed by atoms with Crippen LogP contribution in [0.5, 0.6) is 11.5 Å². The number of methoxy groups -OCH3 is 2. The van der Waals surface area contributed by atoms with Gasteiger partial charge in [-0.25, -0.2) is 4.98 Å². The molecule has 0 unspecified atom stereocenters. The van der Waals surface area contributed by atoms with Gasteiger partial charge in [0.05, 0.1) is 25.3 Å². The fourth-order valence-electron chi connectivity index (χ4n) is 6.49. The van der Waals surface area contributed by atoms with Gasteiger partial charge in [0.2, 0.25) is 0 Å². The van der Waals surface area contributed by atoms with Crippen molar-refractivity contribution >= 4 is 11.0 Å². The number of benzene rings is 2. The van der Waals surface area contributed by atoms with Gasteiger partial charge >= 0.3 is 0 Å². The quantitative estimate of drug-likeness (QED) is 0.374. The Hall–Kier alpha value is -2.57. The number of aromatic nitrogens is 2. The molecule has 0 amide bonds. The van der Waals surface area contributed by atoms with Crippen molar-refractivity contribution in [2.75, 3.05) is 46.9 Å². The van der Waals surface area contributed by atoms with Crippen molar-refractivity contribution in [3.05, 3.63) is 42.0 Å². The van der Waals surface area contributed by atoms with Crippen LogP contribution in [0, 0.1) is 5.92 Å². The topological polar surface area (TPSA) is 42.8 Å². The minimum Gasteiger partial charge on any atom is -0.493 e. The maximum Gasteiger partial charge on any atom is 0.161 e. The van der Waals surface area contributed by atoms with E-state index in [1.165, 1.54) is 69.5 Å². The second-order valence-electron chi connectivity index (χ2n) is 11.2. The number of aryl methyl sites for hydroxylation is 1. The van der Waals surface area contributed by atoms with Crippen LogP contribution in [0.4, 0.5) is 0 Å². The van der Waals surface area contributed by atoms with Crippen molar-refractivity contribution in [2.45, 2.75) is 65.0 Å². The standard InChI is InChI=1S/C31H44N4O2/c1-6-35-28-19-24(7-9-27(28)32-31(35)25-8-10-29(36-4)30(20-25)37-5)23-11-17-34(18-12-23)26-13-15-33(16-14-26)21-22(2)3/h7-10,19-20,22-23,26H,6,11-18,21H2,1-5H3. The van der Waals surface area contributed by atoms with Gasteiger partial charge in [0.1, 0.15) is 5.82 Å². The van der Waals surface area contributed by atoms with Crippen molar-refractivity contribution in [3.8, 4) is 22.9 Å². The van der Waals surface area contributed by atoms with Gasteiger partial charge in [-0.3, -0.25) is 0 Å². The first kappa shape index (κ1) is 26.1. The summed E-state index contributed by atoms with van der Waals surface area (Å²) in [5.74, 6) is 3.84. The molecule has 6 nitrogen and oxygen atoms in total. The summed E-state index contributed by atoms with van der Waals surface area (Å²) in [4.78, 5) is 10.5. The van der Waals surface area contributed by atoms with Crippen LogP contribution in [-0.4, -0.2) is 72.3 Å². The van der Waals surface area contributed by atoms with E-state index in [1.54, 1.807) is 14.2 Å². The summed E-state index contributed by atoms with van der Waals surface area (Å²) in [5, 5.41) is 0. The molecule has 0 radical (unpaired) electrons. The Labute approximate surface area is 222 Å². The molecule has 0 spiro atoms. The summed E-state index contributed by atoms with van der Waals surface area (Å²) < 4.78 is 13.3. The first-order valence-electron chi connectivity index (χ1n) is 14.2. The van der Waals surface area contributed by atoms with Crippen LogP contribution >= 0.6 is 0 Å². The third-order valence-electron chi connectivity index (χ3n) is 8.43. The maximum atomic E-state index is 5.55. The third-order valence-corrected chi connectivity index (χ3v) is 8.43. The fourth-order valence-corrected chi connectivity index (χ4v) is 6.49. The highest BCUT2D eigenvalue weighted by Gasteiger charge is 2.29. The molecule has 5 rings (SSSR count). The molecular formula is C31H44N4O2. The lowest BCUT2D eigenvalue weighted by Gasteiger charge is -2.42. The summed E-state index contributed by atoms with van der Waals surface area (Å²) in [5.41, 5.74) is 4.79. The molecule has 0 N–H and O–H groups in total. The van der Waals surface area contributed by atoms with E-state index in [0.29, 0.717) is 5.92 Å². The Kier molecular flexibility index (Phi) is 8.06. The average Bonchev–Trinajstić information content (AvgIpc) is 3.30. The van der Waals surface area contributed by atoms with Crippen LogP contribution in [0.3, 0.4) is 0 Å². The number of nitrogens with zero attached hydrogens (tertiary/aromatic N) is 4. The fraction of sp³-hybridized carbons (Fsp3) is 0.581. The molecule has 3 aromatic rings. The molecule has 0 saturated carbocycles. The largest absolute Gasteiger partial charge is 0.493 e. The molecule has 3 heterocycles. The summed E-state index contributed by atoms with van der Waals surface area (Å²) in [6.07, 6.45) is 5.16. The number of ether oxygens (including phenoxy) is 2. The number of hydrogen-bond acceptors (Lipinski definition) is 5. The first-order valence-corrected chi connectivity index (χ1v) is 14.2.